The van der Waals surface area contributed by atoms with E-state index < -0.39 is 0 Å². The molecule has 16 heavy (non-hydrogen) atoms. The second-order valence-corrected chi connectivity index (χ2v) is 3.64. The number of hydrogen-bond donors (Lipinski definition) is 1. The third kappa shape index (κ3) is 4.53. The van der Waals surface area contributed by atoms with Crippen LogP contribution in [0.3, 0.4) is 0 Å². The molecular formula is C13H21NO2. The highest BCUT2D eigenvalue weighted by Crippen LogP contribution is 2.18. The minimum Gasteiger partial charge on any atom is -0.494 e. The van der Waals surface area contributed by atoms with Gasteiger partial charge in [-0.15, -0.1) is 0 Å². The Morgan fingerprint density at radius 3 is 2.31 bits per heavy atom. The zero-order valence-electron chi connectivity index (χ0n) is 10.3. The van der Waals surface area contributed by atoms with Crippen molar-refractivity contribution in [3.63, 3.8) is 0 Å². The normalized spacial score (nSPS) is 12.2. The van der Waals surface area contributed by atoms with Crippen LogP contribution in [0.5, 0.6) is 11.5 Å². The lowest BCUT2D eigenvalue weighted by Crippen LogP contribution is -2.28. The molecule has 1 rings (SSSR count). The number of ether oxygens (including phenoxy) is 2. The maximum absolute atomic E-state index is 5.73. The first-order valence-corrected chi connectivity index (χ1v) is 5.86. The maximum atomic E-state index is 5.73. The molecule has 1 aromatic rings. The highest BCUT2D eigenvalue weighted by Gasteiger charge is 2.02. The second-order valence-electron chi connectivity index (χ2n) is 3.64. The Morgan fingerprint density at radius 1 is 1.12 bits per heavy atom. The Kier molecular flexibility index (Phi) is 5.72. The fourth-order valence-electron chi connectivity index (χ4n) is 1.40. The molecule has 0 bridgehead atoms. The van der Waals surface area contributed by atoms with Gasteiger partial charge in [0, 0.05) is 6.54 Å². The van der Waals surface area contributed by atoms with Gasteiger partial charge < -0.3 is 14.8 Å². The van der Waals surface area contributed by atoms with Crippen molar-refractivity contribution in [3.05, 3.63) is 24.3 Å². The smallest absolute Gasteiger partial charge is 0.120 e. The molecule has 3 nitrogen and oxygen atoms in total. The minimum atomic E-state index is 0.179. The summed E-state index contributed by atoms with van der Waals surface area (Å²) < 4.78 is 11.1. The summed E-state index contributed by atoms with van der Waals surface area (Å²) in [6.45, 7) is 8.64. The van der Waals surface area contributed by atoms with Crippen LogP contribution in [-0.4, -0.2) is 25.8 Å². The summed E-state index contributed by atoms with van der Waals surface area (Å²) in [5, 5.41) is 3.25. The molecule has 1 N–H and O–H groups in total. The standard InChI is InChI=1S/C13H21NO2/c1-4-14-10-11(3)16-13-8-6-12(7-9-13)15-5-2/h6-9,11,14H,4-5,10H2,1-3H3. The molecule has 3 heteroatoms. The average Bonchev–Trinajstić information content (AvgIpc) is 2.29. The van der Waals surface area contributed by atoms with Crippen molar-refractivity contribution in [2.45, 2.75) is 26.9 Å². The maximum Gasteiger partial charge on any atom is 0.120 e. The van der Waals surface area contributed by atoms with Gasteiger partial charge in [0.1, 0.15) is 17.6 Å². The van der Waals surface area contributed by atoms with Crippen LogP contribution in [0, 0.1) is 0 Å². The first-order valence-electron chi connectivity index (χ1n) is 5.86. The van der Waals surface area contributed by atoms with E-state index in [2.05, 4.69) is 19.2 Å². The summed E-state index contributed by atoms with van der Waals surface area (Å²) >= 11 is 0. The molecule has 0 fully saturated rings. The van der Waals surface area contributed by atoms with Gasteiger partial charge in [0.25, 0.3) is 0 Å². The van der Waals surface area contributed by atoms with Crippen LogP contribution in [0.2, 0.25) is 0 Å². The van der Waals surface area contributed by atoms with E-state index in [9.17, 15) is 0 Å². The quantitative estimate of drug-likeness (QED) is 0.770. The molecule has 0 spiro atoms. The summed E-state index contributed by atoms with van der Waals surface area (Å²) in [5.41, 5.74) is 0. The summed E-state index contributed by atoms with van der Waals surface area (Å²) in [4.78, 5) is 0. The highest BCUT2D eigenvalue weighted by atomic mass is 16.5. The van der Waals surface area contributed by atoms with E-state index in [4.69, 9.17) is 9.47 Å². The number of nitrogens with one attached hydrogen (secondary N) is 1. The third-order valence-electron chi connectivity index (χ3n) is 2.15. The Balaban J connectivity index is 2.41. The first-order chi connectivity index (χ1) is 7.76. The van der Waals surface area contributed by atoms with Gasteiger partial charge in [0.15, 0.2) is 0 Å². The number of hydrogen-bond acceptors (Lipinski definition) is 3. The Bertz CT molecular complexity index is 284. The lowest BCUT2D eigenvalue weighted by atomic mass is 10.3. The highest BCUT2D eigenvalue weighted by molar-refractivity contribution is 5.31. The van der Waals surface area contributed by atoms with E-state index in [-0.39, 0.29) is 6.10 Å². The van der Waals surface area contributed by atoms with Crippen molar-refractivity contribution < 1.29 is 9.47 Å². The molecule has 0 amide bonds. The SMILES string of the molecule is CCNCC(C)Oc1ccc(OCC)cc1. The van der Waals surface area contributed by atoms with E-state index in [1.54, 1.807) is 0 Å². The molecule has 0 aliphatic rings. The predicted octanol–water partition coefficient (Wildman–Crippen LogP) is 2.46. The summed E-state index contributed by atoms with van der Waals surface area (Å²) in [5.74, 6) is 1.77. The molecule has 1 unspecified atom stereocenters. The molecule has 0 aromatic heterocycles. The van der Waals surface area contributed by atoms with Crippen molar-refractivity contribution in [1.29, 1.82) is 0 Å². The van der Waals surface area contributed by atoms with Crippen molar-refractivity contribution in [2.24, 2.45) is 0 Å². The zero-order valence-corrected chi connectivity index (χ0v) is 10.3. The lowest BCUT2D eigenvalue weighted by Gasteiger charge is -2.15. The zero-order chi connectivity index (χ0) is 11.8. The van der Waals surface area contributed by atoms with Gasteiger partial charge in [-0.05, 0) is 44.7 Å². The summed E-state index contributed by atoms with van der Waals surface area (Å²) in [7, 11) is 0. The average molecular weight is 223 g/mol. The fourth-order valence-corrected chi connectivity index (χ4v) is 1.40. The van der Waals surface area contributed by atoms with Gasteiger partial charge in [-0.1, -0.05) is 6.92 Å². The second kappa shape index (κ2) is 7.12. The van der Waals surface area contributed by atoms with Crippen molar-refractivity contribution in [1.82, 2.24) is 5.32 Å². The molecule has 1 atom stereocenters. The van der Waals surface area contributed by atoms with Crippen molar-refractivity contribution in [3.8, 4) is 11.5 Å². The number of benzene rings is 1. The molecule has 1 aromatic carbocycles. The molecule has 90 valence electrons. The third-order valence-corrected chi connectivity index (χ3v) is 2.15. The molecule has 0 radical (unpaired) electrons. The molecule has 0 saturated heterocycles. The van der Waals surface area contributed by atoms with Crippen LogP contribution in [0.15, 0.2) is 24.3 Å². The topological polar surface area (TPSA) is 30.5 Å². The van der Waals surface area contributed by atoms with E-state index in [1.807, 2.05) is 31.2 Å². The summed E-state index contributed by atoms with van der Waals surface area (Å²) in [6.07, 6.45) is 0.179. The molecule has 0 aliphatic heterocycles. The van der Waals surface area contributed by atoms with E-state index in [0.717, 1.165) is 24.6 Å². The van der Waals surface area contributed by atoms with Crippen LogP contribution in [0.4, 0.5) is 0 Å². The lowest BCUT2D eigenvalue weighted by molar-refractivity contribution is 0.218. The van der Waals surface area contributed by atoms with Gasteiger partial charge in [-0.2, -0.15) is 0 Å². The first kappa shape index (κ1) is 12.8. The van der Waals surface area contributed by atoms with E-state index in [1.165, 1.54) is 0 Å². The van der Waals surface area contributed by atoms with Crippen molar-refractivity contribution in [2.75, 3.05) is 19.7 Å². The van der Waals surface area contributed by atoms with Gasteiger partial charge in [-0.25, -0.2) is 0 Å². The van der Waals surface area contributed by atoms with Crippen LogP contribution < -0.4 is 14.8 Å². The predicted molar refractivity (Wildman–Crippen MR) is 66.2 cm³/mol. The largest absolute Gasteiger partial charge is 0.494 e. The molecule has 0 heterocycles. The Labute approximate surface area is 97.8 Å². The Morgan fingerprint density at radius 2 is 1.75 bits per heavy atom. The van der Waals surface area contributed by atoms with E-state index >= 15 is 0 Å². The van der Waals surface area contributed by atoms with E-state index in [0.29, 0.717) is 6.61 Å². The van der Waals surface area contributed by atoms with Gasteiger partial charge >= 0.3 is 0 Å². The van der Waals surface area contributed by atoms with Crippen LogP contribution in [0.25, 0.3) is 0 Å². The van der Waals surface area contributed by atoms with Crippen LogP contribution in [0.1, 0.15) is 20.8 Å². The van der Waals surface area contributed by atoms with Gasteiger partial charge in [0.2, 0.25) is 0 Å². The van der Waals surface area contributed by atoms with Crippen LogP contribution >= 0.6 is 0 Å². The van der Waals surface area contributed by atoms with Gasteiger partial charge in [-0.3, -0.25) is 0 Å². The minimum absolute atomic E-state index is 0.179. The number of rotatable bonds is 7. The van der Waals surface area contributed by atoms with Crippen molar-refractivity contribution >= 4 is 0 Å². The summed E-state index contributed by atoms with van der Waals surface area (Å²) in [6, 6.07) is 7.73. The number of likely N-dealkylation sites (N-methyl/N-ethyl adjacent to an activating group) is 1. The van der Waals surface area contributed by atoms with Gasteiger partial charge in [0.05, 0.1) is 6.61 Å². The fraction of sp³-hybridized carbons (Fsp3) is 0.538. The molecule has 0 saturated carbocycles. The monoisotopic (exact) mass is 223 g/mol. The Hall–Kier alpha value is -1.22. The molecule has 0 aliphatic carbocycles. The van der Waals surface area contributed by atoms with Crippen LogP contribution in [-0.2, 0) is 0 Å². The molecular weight excluding hydrogens is 202 g/mol.